The van der Waals surface area contributed by atoms with E-state index in [1.54, 1.807) is 6.92 Å². The third-order valence-electron chi connectivity index (χ3n) is 8.27. The van der Waals surface area contributed by atoms with Crippen molar-refractivity contribution >= 4 is 5.78 Å². The maximum atomic E-state index is 13.9. The quantitative estimate of drug-likeness (QED) is 0.637. The first-order valence-corrected chi connectivity index (χ1v) is 10.1. The van der Waals surface area contributed by atoms with Gasteiger partial charge in [-0.2, -0.15) is 0 Å². The number of ketones is 1. The van der Waals surface area contributed by atoms with Crippen LogP contribution in [0.1, 0.15) is 47.5 Å². The Morgan fingerprint density at radius 2 is 1.93 bits per heavy atom. The Morgan fingerprint density at radius 3 is 2.63 bits per heavy atom. The van der Waals surface area contributed by atoms with Gasteiger partial charge in [0.05, 0.1) is 12.0 Å². The van der Waals surface area contributed by atoms with E-state index in [-0.39, 0.29) is 23.0 Å². The van der Waals surface area contributed by atoms with Crippen LogP contribution in [-0.2, 0) is 14.3 Å². The Morgan fingerprint density at radius 1 is 1.22 bits per heavy atom. The van der Waals surface area contributed by atoms with Crippen molar-refractivity contribution < 1.29 is 24.5 Å². The highest BCUT2D eigenvalue weighted by Gasteiger charge is 2.74. The molecule has 2 bridgehead atoms. The van der Waals surface area contributed by atoms with Crippen molar-refractivity contribution in [2.45, 2.75) is 71.1 Å². The number of carbonyl (C=O) groups excluding carboxylic acids is 1. The maximum absolute atomic E-state index is 13.9. The molecule has 2 saturated carbocycles. The Labute approximate surface area is 160 Å². The summed E-state index contributed by atoms with van der Waals surface area (Å²) in [6, 6.07) is 0. The number of aliphatic hydroxyl groups is 2. The lowest BCUT2D eigenvalue weighted by Gasteiger charge is -2.50. The molecule has 7 atom stereocenters. The van der Waals surface area contributed by atoms with Gasteiger partial charge in [0.2, 0.25) is 0 Å². The molecule has 1 saturated heterocycles. The first-order valence-electron chi connectivity index (χ1n) is 10.1. The highest BCUT2D eigenvalue weighted by molar-refractivity contribution is 5.95. The number of hydrogen-bond acceptors (Lipinski definition) is 5. The SMILES string of the molecule is CC1=C[C@@]23CC[C@@H]4[C@H]([C@H](C=C5COC(C)(C)O[C@H]5[C@]2(O)[C@H]1O)C3=O)C4(C)C. The summed E-state index contributed by atoms with van der Waals surface area (Å²) in [7, 11) is 0. The standard InChI is InChI=1S/C22H30O5/c1-11-9-21-7-6-14-15(19(14,2)3)13(17(21)24)8-12-10-26-20(4,5)27-18(12)22(21,25)16(11)23/h8-9,13-16,18,23,25H,6-7,10H2,1-5H3/t13-,14+,15-,16-,18+,21+,22+/m0/s1. The van der Waals surface area contributed by atoms with Gasteiger partial charge < -0.3 is 19.7 Å². The smallest absolute Gasteiger partial charge is 0.164 e. The third kappa shape index (κ3) is 1.96. The molecular formula is C22H30O5. The first kappa shape index (κ1) is 18.0. The van der Waals surface area contributed by atoms with Gasteiger partial charge in [-0.1, -0.05) is 26.0 Å². The minimum atomic E-state index is -1.68. The summed E-state index contributed by atoms with van der Waals surface area (Å²) >= 11 is 0. The highest BCUT2D eigenvalue weighted by atomic mass is 16.7. The summed E-state index contributed by atoms with van der Waals surface area (Å²) in [6.07, 6.45) is 3.43. The van der Waals surface area contributed by atoms with E-state index in [0.29, 0.717) is 24.5 Å². The lowest BCUT2D eigenvalue weighted by atomic mass is 9.63. The van der Waals surface area contributed by atoms with Gasteiger partial charge in [0.15, 0.2) is 11.6 Å². The zero-order chi connectivity index (χ0) is 19.6. The van der Waals surface area contributed by atoms with Gasteiger partial charge in [0.1, 0.15) is 17.8 Å². The zero-order valence-corrected chi connectivity index (χ0v) is 16.8. The molecule has 0 radical (unpaired) electrons. The van der Waals surface area contributed by atoms with E-state index < -0.39 is 29.0 Å². The van der Waals surface area contributed by atoms with Gasteiger partial charge in [-0.3, -0.25) is 4.79 Å². The molecule has 0 aromatic heterocycles. The first-order chi connectivity index (χ1) is 12.5. The number of aliphatic hydroxyl groups excluding tert-OH is 1. The van der Waals surface area contributed by atoms with Crippen LogP contribution in [0.3, 0.4) is 0 Å². The van der Waals surface area contributed by atoms with Crippen molar-refractivity contribution in [3.63, 3.8) is 0 Å². The lowest BCUT2D eigenvalue weighted by Crippen LogP contribution is -2.66. The predicted octanol–water partition coefficient (Wildman–Crippen LogP) is 2.37. The normalized spacial score (nSPS) is 51.8. The van der Waals surface area contributed by atoms with Crippen LogP contribution in [-0.4, -0.2) is 46.2 Å². The van der Waals surface area contributed by atoms with E-state index in [4.69, 9.17) is 9.47 Å². The molecule has 148 valence electrons. The fourth-order valence-electron chi connectivity index (χ4n) is 6.75. The van der Waals surface area contributed by atoms with E-state index >= 15 is 0 Å². The van der Waals surface area contributed by atoms with E-state index in [9.17, 15) is 15.0 Å². The molecule has 0 unspecified atom stereocenters. The topological polar surface area (TPSA) is 76.0 Å². The fourth-order valence-corrected chi connectivity index (χ4v) is 6.75. The van der Waals surface area contributed by atoms with Crippen molar-refractivity contribution in [3.05, 3.63) is 23.3 Å². The van der Waals surface area contributed by atoms with Crippen LogP contribution in [0.15, 0.2) is 23.3 Å². The number of Topliss-reactive ketones (excluding diaryl/α,β-unsaturated/α-hetero) is 1. The molecule has 4 aliphatic carbocycles. The minimum absolute atomic E-state index is 0.0438. The van der Waals surface area contributed by atoms with E-state index in [1.165, 1.54) is 0 Å². The molecule has 0 aromatic carbocycles. The number of carbonyl (C=O) groups is 1. The number of rotatable bonds is 0. The Bertz CT molecular complexity index is 793. The van der Waals surface area contributed by atoms with Crippen LogP contribution >= 0.6 is 0 Å². The molecule has 5 rings (SSSR count). The Hall–Kier alpha value is -1.01. The molecule has 5 nitrogen and oxygen atoms in total. The summed E-state index contributed by atoms with van der Waals surface area (Å²) in [5.74, 6) is -0.351. The predicted molar refractivity (Wildman–Crippen MR) is 98.6 cm³/mol. The van der Waals surface area contributed by atoms with Crippen LogP contribution in [0.4, 0.5) is 0 Å². The molecular weight excluding hydrogens is 344 g/mol. The number of fused-ring (bicyclic) bond motifs is 5. The van der Waals surface area contributed by atoms with Crippen LogP contribution < -0.4 is 0 Å². The Kier molecular flexibility index (Phi) is 3.30. The van der Waals surface area contributed by atoms with Gasteiger partial charge in [-0.15, -0.1) is 0 Å². The van der Waals surface area contributed by atoms with E-state index in [0.717, 1.165) is 12.0 Å². The van der Waals surface area contributed by atoms with Crippen LogP contribution in [0.25, 0.3) is 0 Å². The van der Waals surface area contributed by atoms with Crippen LogP contribution in [0.2, 0.25) is 0 Å². The molecule has 1 aliphatic heterocycles. The second-order valence-corrected chi connectivity index (χ2v) is 10.4. The molecule has 3 fully saturated rings. The van der Waals surface area contributed by atoms with Crippen molar-refractivity contribution in [1.29, 1.82) is 0 Å². The fraction of sp³-hybridized carbons (Fsp3) is 0.773. The van der Waals surface area contributed by atoms with Crippen molar-refractivity contribution in [2.24, 2.45) is 28.6 Å². The van der Waals surface area contributed by atoms with Crippen molar-refractivity contribution in [3.8, 4) is 0 Å². The van der Waals surface area contributed by atoms with Gasteiger partial charge in [-0.05, 0) is 62.0 Å². The largest absolute Gasteiger partial charge is 0.386 e. The average molecular weight is 374 g/mol. The van der Waals surface area contributed by atoms with Gasteiger partial charge in [-0.25, -0.2) is 0 Å². The zero-order valence-electron chi connectivity index (χ0n) is 16.8. The number of hydrogen-bond donors (Lipinski definition) is 2. The maximum Gasteiger partial charge on any atom is 0.164 e. The van der Waals surface area contributed by atoms with E-state index in [2.05, 4.69) is 13.8 Å². The van der Waals surface area contributed by atoms with Crippen molar-refractivity contribution in [1.82, 2.24) is 0 Å². The second kappa shape index (κ2) is 4.93. The van der Waals surface area contributed by atoms with Crippen LogP contribution in [0.5, 0.6) is 0 Å². The number of allylic oxidation sites excluding steroid dienone is 1. The summed E-state index contributed by atoms with van der Waals surface area (Å²) < 4.78 is 12.0. The molecule has 5 heteroatoms. The molecule has 1 heterocycles. The molecule has 5 aliphatic rings. The molecule has 0 amide bonds. The summed E-state index contributed by atoms with van der Waals surface area (Å²) in [6.45, 7) is 10.2. The van der Waals surface area contributed by atoms with Gasteiger partial charge in [0.25, 0.3) is 0 Å². The van der Waals surface area contributed by atoms with Crippen LogP contribution in [0, 0.1) is 28.6 Å². The summed E-state index contributed by atoms with van der Waals surface area (Å²) in [5.41, 5.74) is -1.20. The van der Waals surface area contributed by atoms with Gasteiger partial charge in [0, 0.05) is 5.92 Å². The molecule has 27 heavy (non-hydrogen) atoms. The molecule has 2 N–H and O–H groups in total. The number of ether oxygens (including phenoxy) is 2. The highest BCUT2D eigenvalue weighted by Crippen LogP contribution is 2.70. The molecule has 1 spiro atoms. The Balaban J connectivity index is 1.73. The summed E-state index contributed by atoms with van der Waals surface area (Å²) in [4.78, 5) is 13.9. The summed E-state index contributed by atoms with van der Waals surface area (Å²) in [5, 5.41) is 23.1. The monoisotopic (exact) mass is 374 g/mol. The van der Waals surface area contributed by atoms with E-state index in [1.807, 2.05) is 26.0 Å². The average Bonchev–Trinajstić information content (AvgIpc) is 3.12. The minimum Gasteiger partial charge on any atom is -0.386 e. The molecule has 0 aromatic rings. The second-order valence-electron chi connectivity index (χ2n) is 10.4. The van der Waals surface area contributed by atoms with Crippen molar-refractivity contribution in [2.75, 3.05) is 6.61 Å². The third-order valence-corrected chi connectivity index (χ3v) is 8.27. The lowest BCUT2D eigenvalue weighted by molar-refractivity contribution is -0.300. The van der Waals surface area contributed by atoms with Gasteiger partial charge >= 0.3 is 0 Å².